The number of unbranched alkanes of at least 4 members (excludes halogenated alkanes) is 4. The normalized spacial score (nSPS) is 19.3. The van der Waals surface area contributed by atoms with Gasteiger partial charge in [-0.15, -0.1) is 0 Å². The van der Waals surface area contributed by atoms with E-state index in [9.17, 15) is 28.8 Å². The number of nitriles is 1. The average Bonchev–Trinajstić information content (AvgIpc) is 3.62. The van der Waals surface area contributed by atoms with E-state index in [4.69, 9.17) is 27.9 Å². The van der Waals surface area contributed by atoms with Gasteiger partial charge in [0, 0.05) is 49.1 Å². The molecular formula is C48H49Cl2F3N8O5. The monoisotopic (exact) mass is 944 g/mol. The molecule has 4 amide bonds. The molecule has 5 heterocycles. The number of piperazine rings is 1. The lowest BCUT2D eigenvalue weighted by atomic mass is 9.85. The van der Waals surface area contributed by atoms with Crippen molar-refractivity contribution in [3.05, 3.63) is 93.5 Å². The van der Waals surface area contributed by atoms with Gasteiger partial charge >= 0.3 is 0 Å². The van der Waals surface area contributed by atoms with Gasteiger partial charge in [-0.05, 0) is 99.1 Å². The number of nitrogens with one attached hydrogen (secondary N) is 1. The Hall–Kier alpha value is -5.76. The van der Waals surface area contributed by atoms with Crippen LogP contribution >= 0.6 is 23.2 Å². The first kappa shape index (κ1) is 46.8. The number of fused-ring (bicyclic) bond motifs is 2. The average molecular weight is 946 g/mol. The number of hydrogen-bond acceptors (Lipinski definition) is 10. The fraction of sp³-hybridized carbons (Fsp3) is 0.438. The Morgan fingerprint density at radius 3 is 2.50 bits per heavy atom. The minimum Gasteiger partial charge on any atom is -0.493 e. The smallest absolute Gasteiger partial charge is 0.265 e. The molecule has 4 aliphatic rings. The summed E-state index contributed by atoms with van der Waals surface area (Å²) >= 11 is 12.7. The van der Waals surface area contributed by atoms with Crippen LogP contribution in [0.1, 0.15) is 91.6 Å². The van der Waals surface area contributed by atoms with E-state index in [1.807, 2.05) is 4.90 Å². The number of piperidine rings is 2. The third-order valence-corrected chi connectivity index (χ3v) is 13.6. The molecule has 66 heavy (non-hydrogen) atoms. The summed E-state index contributed by atoms with van der Waals surface area (Å²) in [6, 6.07) is 9.42. The van der Waals surface area contributed by atoms with Gasteiger partial charge in [0.15, 0.2) is 5.82 Å². The zero-order chi connectivity index (χ0) is 46.6. The van der Waals surface area contributed by atoms with Gasteiger partial charge in [0.1, 0.15) is 41.1 Å². The standard InChI is InChI=1S/C48H49Cl2F3N8O5/c1-28(49)47(64)60-20-19-59(25-31(60)12-15-54)45-34-24-36(50)41(43(53)44(34)55-27-56-45)42-37(52)8-7-9-39(42)66-21-6-4-2-3-5-16-58-17-13-29(14-18-58)32-22-30(51)23-33-35(32)26-61(48(33)65)38-10-11-40(62)57-46(38)63/h7-9,22-24,27,29,31,38H,1-6,10-14,16-21,25-26H2,(H,57,62,63)/t31-,38?/m1/s1. The number of carbonyl (C=O) groups excluding carboxylic acids is 4. The largest absolute Gasteiger partial charge is 0.493 e. The molecule has 2 atom stereocenters. The molecule has 0 spiro atoms. The summed E-state index contributed by atoms with van der Waals surface area (Å²) in [7, 11) is 0. The highest BCUT2D eigenvalue weighted by molar-refractivity contribution is 6.41. The quantitative estimate of drug-likeness (QED) is 0.0705. The zero-order valence-corrected chi connectivity index (χ0v) is 37.8. The van der Waals surface area contributed by atoms with Crippen LogP contribution in [0.25, 0.3) is 22.0 Å². The number of anilines is 1. The first-order valence-corrected chi connectivity index (χ1v) is 23.1. The van der Waals surface area contributed by atoms with E-state index in [0.29, 0.717) is 24.3 Å². The molecule has 1 unspecified atom stereocenters. The van der Waals surface area contributed by atoms with Crippen molar-refractivity contribution in [3.63, 3.8) is 0 Å². The number of rotatable bonds is 15. The van der Waals surface area contributed by atoms with E-state index < -0.39 is 41.3 Å². The highest BCUT2D eigenvalue weighted by Gasteiger charge is 2.41. The molecule has 4 aliphatic heterocycles. The molecule has 346 valence electrons. The topological polar surface area (TPSA) is 152 Å². The molecule has 8 rings (SSSR count). The lowest BCUT2D eigenvalue weighted by Gasteiger charge is -2.41. The summed E-state index contributed by atoms with van der Waals surface area (Å²) in [5, 5.41) is 11.8. The Morgan fingerprint density at radius 1 is 0.970 bits per heavy atom. The molecule has 3 aromatic carbocycles. The van der Waals surface area contributed by atoms with E-state index >= 15 is 8.78 Å². The number of aromatic nitrogens is 2. The lowest BCUT2D eigenvalue weighted by Crippen LogP contribution is -2.55. The van der Waals surface area contributed by atoms with Crippen LogP contribution in [0.2, 0.25) is 5.02 Å². The molecule has 13 nitrogen and oxygen atoms in total. The number of halogens is 5. The minimum atomic E-state index is -0.839. The van der Waals surface area contributed by atoms with Crippen molar-refractivity contribution in [2.75, 3.05) is 50.8 Å². The second-order valence-corrected chi connectivity index (χ2v) is 18.1. The van der Waals surface area contributed by atoms with Gasteiger partial charge in [-0.25, -0.2) is 23.1 Å². The van der Waals surface area contributed by atoms with Gasteiger partial charge in [0.25, 0.3) is 11.8 Å². The highest BCUT2D eigenvalue weighted by atomic mass is 35.5. The van der Waals surface area contributed by atoms with Crippen LogP contribution in [-0.4, -0.2) is 106 Å². The fourth-order valence-electron chi connectivity index (χ4n) is 9.85. The molecule has 3 fully saturated rings. The van der Waals surface area contributed by atoms with E-state index in [1.54, 1.807) is 6.07 Å². The van der Waals surface area contributed by atoms with Crippen LogP contribution < -0.4 is 15.0 Å². The first-order valence-electron chi connectivity index (χ1n) is 22.4. The van der Waals surface area contributed by atoms with Crippen molar-refractivity contribution >= 4 is 63.6 Å². The van der Waals surface area contributed by atoms with Crippen LogP contribution in [0.5, 0.6) is 5.75 Å². The van der Waals surface area contributed by atoms with Crippen molar-refractivity contribution in [3.8, 4) is 22.9 Å². The van der Waals surface area contributed by atoms with Crippen molar-refractivity contribution < 1.29 is 37.1 Å². The van der Waals surface area contributed by atoms with E-state index in [1.165, 1.54) is 46.5 Å². The van der Waals surface area contributed by atoms with Crippen LogP contribution in [-0.2, 0) is 20.9 Å². The Morgan fingerprint density at radius 2 is 1.74 bits per heavy atom. The molecular weight excluding hydrogens is 896 g/mol. The Balaban J connectivity index is 0.817. The predicted molar refractivity (Wildman–Crippen MR) is 242 cm³/mol. The zero-order valence-electron chi connectivity index (χ0n) is 36.3. The van der Waals surface area contributed by atoms with Crippen molar-refractivity contribution in [2.45, 2.75) is 88.8 Å². The third kappa shape index (κ3) is 9.70. The minimum absolute atomic E-state index is 0.0272. The molecule has 0 bridgehead atoms. The number of carbonyl (C=O) groups is 4. The Labute approximate surface area is 390 Å². The predicted octanol–water partition coefficient (Wildman–Crippen LogP) is 8.02. The van der Waals surface area contributed by atoms with Crippen molar-refractivity contribution in [2.24, 2.45) is 0 Å². The number of ether oxygens (including phenoxy) is 1. The number of likely N-dealkylation sites (tertiary alicyclic amines) is 1. The number of hydrogen-bond donors (Lipinski definition) is 1. The van der Waals surface area contributed by atoms with Gasteiger partial charge in [0.2, 0.25) is 11.8 Å². The number of imide groups is 1. The van der Waals surface area contributed by atoms with Crippen LogP contribution in [0.3, 0.4) is 0 Å². The van der Waals surface area contributed by atoms with E-state index in [2.05, 4.69) is 32.8 Å². The second-order valence-electron chi connectivity index (χ2n) is 17.3. The maximum Gasteiger partial charge on any atom is 0.265 e. The van der Waals surface area contributed by atoms with Gasteiger partial charge in [-0.2, -0.15) is 5.26 Å². The molecule has 3 saturated heterocycles. The third-order valence-electron chi connectivity index (χ3n) is 13.2. The summed E-state index contributed by atoms with van der Waals surface area (Å²) in [5.74, 6) is -3.10. The van der Waals surface area contributed by atoms with Crippen molar-refractivity contribution in [1.29, 1.82) is 5.26 Å². The maximum atomic E-state index is 16.6. The Bertz CT molecular complexity index is 2620. The van der Waals surface area contributed by atoms with Crippen LogP contribution in [0.4, 0.5) is 19.0 Å². The Kier molecular flexibility index (Phi) is 14.5. The maximum absolute atomic E-state index is 16.6. The summed E-state index contributed by atoms with van der Waals surface area (Å²) in [6.45, 7) is 7.38. The van der Waals surface area contributed by atoms with Gasteiger partial charge in [0.05, 0.1) is 40.8 Å². The molecule has 0 aliphatic carbocycles. The van der Waals surface area contributed by atoms with E-state index in [0.717, 1.165) is 69.3 Å². The molecule has 4 aromatic rings. The molecule has 0 saturated carbocycles. The SMILES string of the molecule is C=C(Cl)C(=O)N1CCN(c2ncnc3c(F)c(-c4c(F)cccc4OCCCCCCCN4CCC(c5cc(F)cc6c5CN(C5CCC(=O)NC5=O)C6=O)CC4)c(Cl)cc23)C[C@H]1CC#N. The summed E-state index contributed by atoms with van der Waals surface area (Å²) in [4.78, 5) is 66.1. The van der Waals surface area contributed by atoms with E-state index in [-0.39, 0.29) is 101 Å². The van der Waals surface area contributed by atoms with Gasteiger partial charge < -0.3 is 24.3 Å². The molecule has 18 heteroatoms. The summed E-state index contributed by atoms with van der Waals surface area (Å²) in [6.07, 6.45) is 7.81. The fourth-order valence-corrected chi connectivity index (χ4v) is 10.2. The van der Waals surface area contributed by atoms with Gasteiger partial charge in [-0.3, -0.25) is 24.5 Å². The molecule has 1 N–H and O–H groups in total. The molecule has 0 radical (unpaired) electrons. The number of nitrogens with zero attached hydrogens (tertiary/aromatic N) is 7. The second kappa shape index (κ2) is 20.4. The number of benzene rings is 3. The van der Waals surface area contributed by atoms with Gasteiger partial charge in [-0.1, -0.05) is 55.1 Å². The lowest BCUT2D eigenvalue weighted by molar-refractivity contribution is -0.137. The highest BCUT2D eigenvalue weighted by Crippen LogP contribution is 2.43. The first-order chi connectivity index (χ1) is 31.8. The molecule has 1 aromatic heterocycles. The summed E-state index contributed by atoms with van der Waals surface area (Å²) < 4.78 is 53.1. The summed E-state index contributed by atoms with van der Waals surface area (Å²) in [5.41, 5.74) is 1.55. The van der Waals surface area contributed by atoms with Crippen LogP contribution in [0.15, 0.2) is 54.3 Å². The van der Waals surface area contributed by atoms with Crippen LogP contribution in [0, 0.1) is 28.8 Å². The number of amides is 4. The van der Waals surface area contributed by atoms with Crippen molar-refractivity contribution in [1.82, 2.24) is 30.0 Å².